The maximum atomic E-state index is 12.6. The molecule has 1 aliphatic heterocycles. The quantitative estimate of drug-likeness (QED) is 0.688. The lowest BCUT2D eigenvalue weighted by atomic mass is 10.3. The maximum Gasteiger partial charge on any atom is 0.179 e. The summed E-state index contributed by atoms with van der Waals surface area (Å²) < 4.78 is 31.2. The number of hydrogen-bond acceptors (Lipinski definition) is 6. The number of rotatable bonds is 6. The van der Waals surface area contributed by atoms with Crippen molar-refractivity contribution >= 4 is 31.6 Å². The molecule has 26 heavy (non-hydrogen) atoms. The zero-order chi connectivity index (χ0) is 18.6. The van der Waals surface area contributed by atoms with Gasteiger partial charge in [-0.1, -0.05) is 6.07 Å². The highest BCUT2D eigenvalue weighted by Crippen LogP contribution is 2.19. The molecule has 0 aliphatic carbocycles. The Balaban J connectivity index is 1.53. The molecule has 3 rings (SSSR count). The molecule has 6 nitrogen and oxygen atoms in total. The van der Waals surface area contributed by atoms with Crippen LogP contribution in [-0.2, 0) is 9.84 Å². The van der Waals surface area contributed by atoms with Gasteiger partial charge in [-0.05, 0) is 46.3 Å². The van der Waals surface area contributed by atoms with Gasteiger partial charge in [-0.15, -0.1) is 0 Å². The van der Waals surface area contributed by atoms with Crippen molar-refractivity contribution < 1.29 is 13.2 Å². The second-order valence-electron chi connectivity index (χ2n) is 6.16. The fourth-order valence-electron chi connectivity index (χ4n) is 2.92. The van der Waals surface area contributed by atoms with Crippen molar-refractivity contribution in [1.82, 2.24) is 9.88 Å². The van der Waals surface area contributed by atoms with Crippen LogP contribution in [0.3, 0.4) is 0 Å². The molecule has 2 heterocycles. The minimum atomic E-state index is -3.32. The second-order valence-corrected chi connectivity index (χ2v) is 9.19. The molecule has 1 saturated heterocycles. The zero-order valence-corrected chi connectivity index (χ0v) is 17.0. The van der Waals surface area contributed by atoms with Crippen LogP contribution in [0.15, 0.2) is 52.0 Å². The van der Waals surface area contributed by atoms with Crippen LogP contribution in [0.5, 0.6) is 5.75 Å². The number of aromatic nitrogens is 1. The average molecular weight is 440 g/mol. The van der Waals surface area contributed by atoms with Gasteiger partial charge in [0.15, 0.2) is 9.84 Å². The number of halogens is 1. The van der Waals surface area contributed by atoms with Crippen LogP contribution >= 0.6 is 15.9 Å². The lowest BCUT2D eigenvalue weighted by molar-refractivity contribution is 0.271. The topological polar surface area (TPSA) is 62.7 Å². The number of anilines is 1. The minimum absolute atomic E-state index is 0.108. The number of hydrogen-bond donors (Lipinski definition) is 0. The predicted molar refractivity (Wildman–Crippen MR) is 106 cm³/mol. The normalized spacial score (nSPS) is 15.8. The van der Waals surface area contributed by atoms with E-state index in [9.17, 15) is 8.42 Å². The van der Waals surface area contributed by atoms with Crippen molar-refractivity contribution in [1.29, 1.82) is 0 Å². The molecule has 0 radical (unpaired) electrons. The number of piperazine rings is 1. The van der Waals surface area contributed by atoms with Crippen LogP contribution in [-0.4, -0.2) is 63.9 Å². The van der Waals surface area contributed by atoms with Gasteiger partial charge in [0.2, 0.25) is 0 Å². The monoisotopic (exact) mass is 439 g/mol. The van der Waals surface area contributed by atoms with E-state index in [1.807, 2.05) is 12.1 Å². The summed E-state index contributed by atoms with van der Waals surface area (Å²) in [5.41, 5.74) is 0. The molecule has 8 heteroatoms. The summed E-state index contributed by atoms with van der Waals surface area (Å²) in [5, 5.41) is 0. The van der Waals surface area contributed by atoms with Gasteiger partial charge in [0.1, 0.15) is 11.6 Å². The highest BCUT2D eigenvalue weighted by molar-refractivity contribution is 9.10. The molecule has 1 aromatic heterocycles. The number of sulfone groups is 1. The lowest BCUT2D eigenvalue weighted by Gasteiger charge is -2.35. The number of nitrogens with zero attached hydrogens (tertiary/aromatic N) is 3. The maximum absolute atomic E-state index is 12.6. The van der Waals surface area contributed by atoms with Crippen molar-refractivity contribution in [2.45, 2.75) is 4.90 Å². The molecule has 0 bridgehead atoms. The Morgan fingerprint density at radius 2 is 1.92 bits per heavy atom. The van der Waals surface area contributed by atoms with Crippen molar-refractivity contribution in [2.75, 3.05) is 50.5 Å². The van der Waals surface area contributed by atoms with E-state index in [-0.39, 0.29) is 5.75 Å². The van der Waals surface area contributed by atoms with E-state index in [2.05, 4.69) is 30.7 Å². The van der Waals surface area contributed by atoms with Crippen LogP contribution in [0.25, 0.3) is 0 Å². The Kier molecular flexibility index (Phi) is 6.16. The summed E-state index contributed by atoms with van der Waals surface area (Å²) in [7, 11) is -1.78. The third-order valence-electron chi connectivity index (χ3n) is 4.48. The molecule has 0 amide bonds. The molecular weight excluding hydrogens is 418 g/mol. The minimum Gasteiger partial charge on any atom is -0.497 e. The first-order valence-electron chi connectivity index (χ1n) is 8.43. The Hall–Kier alpha value is -1.64. The van der Waals surface area contributed by atoms with E-state index < -0.39 is 9.84 Å². The standard InChI is InChI=1S/C18H22BrN3O3S/c1-25-16-3-2-4-17(13-16)26(23,24)12-11-21-7-9-22(10-8-21)18-6-5-15(19)14-20-18/h2-6,13-14H,7-12H2,1H3. The molecule has 0 spiro atoms. The second kappa shape index (κ2) is 8.37. The van der Waals surface area contributed by atoms with E-state index in [4.69, 9.17) is 4.74 Å². The fourth-order valence-corrected chi connectivity index (χ4v) is 4.47. The first kappa shape index (κ1) is 19.1. The summed E-state index contributed by atoms with van der Waals surface area (Å²) in [4.78, 5) is 9.14. The summed E-state index contributed by atoms with van der Waals surface area (Å²) in [5.74, 6) is 1.62. The molecule has 1 fully saturated rings. The fraction of sp³-hybridized carbons (Fsp3) is 0.389. The third kappa shape index (κ3) is 4.75. The largest absolute Gasteiger partial charge is 0.497 e. The molecule has 1 aliphatic rings. The molecule has 0 atom stereocenters. The number of pyridine rings is 1. The average Bonchev–Trinajstić information content (AvgIpc) is 2.67. The smallest absolute Gasteiger partial charge is 0.179 e. The van der Waals surface area contributed by atoms with Gasteiger partial charge in [0, 0.05) is 43.4 Å². The van der Waals surface area contributed by atoms with Gasteiger partial charge < -0.3 is 9.64 Å². The van der Waals surface area contributed by atoms with Gasteiger partial charge >= 0.3 is 0 Å². The summed E-state index contributed by atoms with van der Waals surface area (Å²) >= 11 is 3.39. The van der Waals surface area contributed by atoms with Crippen molar-refractivity contribution in [3.8, 4) is 5.75 Å². The van der Waals surface area contributed by atoms with Crippen molar-refractivity contribution in [2.24, 2.45) is 0 Å². The number of methoxy groups -OCH3 is 1. The molecular formula is C18H22BrN3O3S. The summed E-state index contributed by atoms with van der Waals surface area (Å²) in [6.45, 7) is 3.86. The van der Waals surface area contributed by atoms with Crippen LogP contribution in [0.4, 0.5) is 5.82 Å². The molecule has 140 valence electrons. The SMILES string of the molecule is COc1cccc(S(=O)(=O)CCN2CCN(c3ccc(Br)cn3)CC2)c1. The molecule has 0 N–H and O–H groups in total. The lowest BCUT2D eigenvalue weighted by Crippen LogP contribution is -2.47. The first-order chi connectivity index (χ1) is 12.5. The van der Waals surface area contributed by atoms with Crippen molar-refractivity contribution in [3.05, 3.63) is 47.1 Å². The van der Waals surface area contributed by atoms with Gasteiger partial charge in [-0.3, -0.25) is 4.90 Å². The highest BCUT2D eigenvalue weighted by Gasteiger charge is 2.21. The van der Waals surface area contributed by atoms with Crippen LogP contribution < -0.4 is 9.64 Å². The summed E-state index contributed by atoms with van der Waals surface area (Å²) in [6, 6.07) is 10.6. The van der Waals surface area contributed by atoms with Gasteiger partial charge in [0.25, 0.3) is 0 Å². The Morgan fingerprint density at radius 3 is 2.58 bits per heavy atom. The Morgan fingerprint density at radius 1 is 1.15 bits per heavy atom. The van der Waals surface area contributed by atoms with Crippen LogP contribution in [0.1, 0.15) is 0 Å². The van der Waals surface area contributed by atoms with Gasteiger partial charge in [0.05, 0.1) is 17.8 Å². The first-order valence-corrected chi connectivity index (χ1v) is 10.9. The number of ether oxygens (including phenoxy) is 1. The zero-order valence-electron chi connectivity index (χ0n) is 14.6. The molecule has 1 aromatic carbocycles. The summed E-state index contributed by atoms with van der Waals surface area (Å²) in [6.07, 6.45) is 1.79. The highest BCUT2D eigenvalue weighted by atomic mass is 79.9. The van der Waals surface area contributed by atoms with E-state index in [1.165, 1.54) is 7.11 Å². The van der Waals surface area contributed by atoms with Crippen LogP contribution in [0.2, 0.25) is 0 Å². The van der Waals surface area contributed by atoms with Gasteiger partial charge in [-0.2, -0.15) is 0 Å². The van der Waals surface area contributed by atoms with E-state index >= 15 is 0 Å². The number of benzene rings is 1. The predicted octanol–water partition coefficient (Wildman–Crippen LogP) is 2.45. The van der Waals surface area contributed by atoms with Gasteiger partial charge in [-0.25, -0.2) is 13.4 Å². The third-order valence-corrected chi connectivity index (χ3v) is 6.65. The Bertz CT molecular complexity index is 835. The Labute approximate surface area is 162 Å². The molecule has 2 aromatic rings. The molecule has 0 unspecified atom stereocenters. The van der Waals surface area contributed by atoms with Crippen LogP contribution in [0, 0.1) is 0 Å². The van der Waals surface area contributed by atoms with E-state index in [0.717, 1.165) is 36.5 Å². The van der Waals surface area contributed by atoms with Crippen molar-refractivity contribution in [3.63, 3.8) is 0 Å². The van der Waals surface area contributed by atoms with E-state index in [1.54, 1.807) is 30.5 Å². The van der Waals surface area contributed by atoms with E-state index in [0.29, 0.717) is 17.2 Å². The molecule has 0 saturated carbocycles.